The first-order valence-corrected chi connectivity index (χ1v) is 9.90. The summed E-state index contributed by atoms with van der Waals surface area (Å²) in [6.07, 6.45) is 0. The zero-order valence-electron chi connectivity index (χ0n) is 12.1. The predicted octanol–water partition coefficient (Wildman–Crippen LogP) is 1.01. The number of rotatable bonds is 4. The van der Waals surface area contributed by atoms with Gasteiger partial charge in [0, 0.05) is 4.91 Å². The van der Waals surface area contributed by atoms with Crippen LogP contribution in [-0.4, -0.2) is 4.86 Å². The highest BCUT2D eigenvalue weighted by molar-refractivity contribution is 8.85. The molecule has 3 rings (SSSR count). The molecule has 0 bridgehead atoms. The summed E-state index contributed by atoms with van der Waals surface area (Å²) in [6.45, 7) is 0. The van der Waals surface area contributed by atoms with Gasteiger partial charge in [-0.2, -0.15) is 14.0 Å². The first kappa shape index (κ1) is 14.5. The Kier molecular flexibility index (Phi) is 4.31. The molecule has 0 aliphatic carbocycles. The van der Waals surface area contributed by atoms with Crippen LogP contribution in [-0.2, 0) is 3.74 Å². The van der Waals surface area contributed by atoms with E-state index in [2.05, 4.69) is 3.74 Å². The summed E-state index contributed by atoms with van der Waals surface area (Å²) in [5.74, 6) is 0. The lowest BCUT2D eigenvalue weighted by molar-refractivity contribution is -1.91. The summed E-state index contributed by atoms with van der Waals surface area (Å²) >= 11 is 0. The Hall–Kier alpha value is -1.12. The molecule has 1 aliphatic rings. The molecule has 7 heteroatoms. The fourth-order valence-corrected chi connectivity index (χ4v) is 6.30. The van der Waals surface area contributed by atoms with E-state index < -0.39 is 20.0 Å². The van der Waals surface area contributed by atoms with Gasteiger partial charge in [-0.3, -0.25) is 0 Å². The zero-order chi connectivity index (χ0) is 16.4. The Labute approximate surface area is 137 Å². The Morgan fingerprint density at radius 3 is 2.00 bits per heavy atom. The predicted molar refractivity (Wildman–Crippen MR) is 81.2 cm³/mol. The maximum Gasteiger partial charge on any atom is 0.180 e. The van der Waals surface area contributed by atoms with Crippen LogP contribution in [0.4, 0.5) is 0 Å². The minimum Gasteiger partial charge on any atom is -0.182 e. The fraction of sp³-hybridized carbons (Fsp3) is 0. The van der Waals surface area contributed by atoms with Crippen LogP contribution in [0.1, 0.15) is 12.5 Å². The van der Waals surface area contributed by atoms with E-state index in [0.717, 1.165) is 16.4 Å². The Morgan fingerprint density at radius 2 is 1.45 bits per heavy atom. The monoisotopic (exact) mass is 355 g/mol. The van der Waals surface area contributed by atoms with Gasteiger partial charge in [-0.1, -0.05) is 60.7 Å². The molecule has 0 saturated carbocycles. The SMILES string of the molecule is [2H]C1=C(c2ccccc2)SS(O[Cl+3]([O-])([O-])[O-])=C1c1ccccc1. The van der Waals surface area contributed by atoms with Gasteiger partial charge in [0.1, 0.15) is 3.74 Å². The van der Waals surface area contributed by atoms with Crippen molar-refractivity contribution in [1.82, 2.24) is 0 Å². The van der Waals surface area contributed by atoms with Gasteiger partial charge < -0.3 is 0 Å². The van der Waals surface area contributed by atoms with Crippen molar-refractivity contribution in [3.8, 4) is 0 Å². The third kappa shape index (κ3) is 3.80. The van der Waals surface area contributed by atoms with Crippen LogP contribution < -0.4 is 14.0 Å². The molecule has 4 nitrogen and oxygen atoms in total. The van der Waals surface area contributed by atoms with Crippen LogP contribution in [0, 0.1) is 10.2 Å². The van der Waals surface area contributed by atoms with Gasteiger partial charge in [0.15, 0.2) is 9.80 Å². The van der Waals surface area contributed by atoms with Crippen LogP contribution >= 0.6 is 20.6 Å². The molecular formula is C15H11ClO4S2. The second kappa shape index (κ2) is 6.55. The number of hydrogen-bond acceptors (Lipinski definition) is 5. The number of benzene rings is 2. The molecule has 114 valence electrons. The van der Waals surface area contributed by atoms with E-state index in [1.54, 1.807) is 24.3 Å². The van der Waals surface area contributed by atoms with E-state index >= 15 is 0 Å². The number of halogens is 1. The molecule has 2 aromatic rings. The minimum atomic E-state index is -4.58. The number of hydrogen-bond donors (Lipinski definition) is 0. The van der Waals surface area contributed by atoms with Crippen molar-refractivity contribution < 1.29 is 29.3 Å². The topological polar surface area (TPSA) is 78.4 Å². The maximum absolute atomic E-state index is 11.0. The second-order valence-corrected chi connectivity index (χ2v) is 8.40. The van der Waals surface area contributed by atoms with Crippen molar-refractivity contribution in [2.45, 2.75) is 0 Å². The van der Waals surface area contributed by atoms with Gasteiger partial charge in [0.25, 0.3) is 0 Å². The standard InChI is InChI=1S/C15H11ClO4S2/c17-16(18,19)20-22-15(13-9-5-2-6-10-13)11-14(21-22)12-7-3-1-4-8-12/h1-11H/i11D. The highest BCUT2D eigenvalue weighted by Crippen LogP contribution is 2.51. The van der Waals surface area contributed by atoms with Crippen molar-refractivity contribution in [2.75, 3.05) is 0 Å². The molecule has 0 amide bonds. The van der Waals surface area contributed by atoms with E-state index in [0.29, 0.717) is 15.3 Å². The highest BCUT2D eigenvalue weighted by Gasteiger charge is 2.31. The Morgan fingerprint density at radius 1 is 0.909 bits per heavy atom. The molecule has 0 saturated heterocycles. The average Bonchev–Trinajstić information content (AvgIpc) is 2.83. The second-order valence-electron chi connectivity index (χ2n) is 4.27. The summed E-state index contributed by atoms with van der Waals surface area (Å²) in [5, 5.41) is 0. The quantitative estimate of drug-likeness (QED) is 0.604. The van der Waals surface area contributed by atoms with Crippen LogP contribution in [0.25, 0.3) is 4.91 Å². The Balaban J connectivity index is 2.08. The minimum absolute atomic E-state index is 0.176. The lowest BCUT2D eigenvalue weighted by Gasteiger charge is -2.13. The van der Waals surface area contributed by atoms with Crippen molar-refractivity contribution in [2.24, 2.45) is 0 Å². The highest BCUT2D eigenvalue weighted by atomic mass is 35.7. The van der Waals surface area contributed by atoms with Gasteiger partial charge in [-0.15, -0.1) is 0 Å². The summed E-state index contributed by atoms with van der Waals surface area (Å²) in [6, 6.07) is 18.3. The van der Waals surface area contributed by atoms with Crippen LogP contribution in [0.3, 0.4) is 0 Å². The molecular weight excluding hydrogens is 344 g/mol. The van der Waals surface area contributed by atoms with E-state index in [4.69, 9.17) is 1.37 Å². The van der Waals surface area contributed by atoms with E-state index in [1.807, 2.05) is 36.4 Å². The van der Waals surface area contributed by atoms with E-state index in [9.17, 15) is 14.0 Å². The smallest absolute Gasteiger partial charge is 0.180 e. The zero-order valence-corrected chi connectivity index (χ0v) is 13.5. The summed E-state index contributed by atoms with van der Waals surface area (Å²) in [5.41, 5.74) is 1.45. The fourth-order valence-electron chi connectivity index (χ4n) is 1.87. The van der Waals surface area contributed by atoms with Crippen molar-refractivity contribution in [3.63, 3.8) is 0 Å². The summed E-state index contributed by atoms with van der Waals surface area (Å²) in [7, 11) is -4.89. The molecule has 22 heavy (non-hydrogen) atoms. The van der Waals surface area contributed by atoms with E-state index in [-0.39, 0.29) is 6.05 Å². The van der Waals surface area contributed by atoms with E-state index in [1.165, 1.54) is 0 Å². The molecule has 0 spiro atoms. The lowest BCUT2D eigenvalue weighted by Crippen LogP contribution is -2.60. The van der Waals surface area contributed by atoms with Gasteiger partial charge >= 0.3 is 0 Å². The molecule has 1 atom stereocenters. The Bertz CT molecular complexity index is 773. The van der Waals surface area contributed by atoms with Gasteiger partial charge in [0.2, 0.25) is 0 Å². The van der Waals surface area contributed by atoms with Gasteiger partial charge in [-0.05, 0) is 28.0 Å². The molecule has 0 radical (unpaired) electrons. The lowest BCUT2D eigenvalue weighted by atomic mass is 10.1. The third-order valence-corrected chi connectivity index (χ3v) is 7.08. The van der Waals surface area contributed by atoms with Crippen LogP contribution in [0.2, 0.25) is 0 Å². The molecule has 0 aromatic heterocycles. The summed E-state index contributed by atoms with van der Waals surface area (Å²) < 4.78 is 46.1. The van der Waals surface area contributed by atoms with Crippen molar-refractivity contribution in [1.29, 1.82) is 0 Å². The van der Waals surface area contributed by atoms with Gasteiger partial charge in [-0.25, -0.2) is 0 Å². The molecule has 1 unspecified atom stereocenters. The number of allylic oxidation sites excluding steroid dienone is 1. The van der Waals surface area contributed by atoms with Crippen LogP contribution in [0.15, 0.2) is 66.7 Å². The van der Waals surface area contributed by atoms with Crippen LogP contribution in [0.5, 0.6) is 0 Å². The largest absolute Gasteiger partial charge is 0.182 e. The van der Waals surface area contributed by atoms with Gasteiger partial charge in [0.05, 0.1) is 16.5 Å². The van der Waals surface area contributed by atoms with Crippen molar-refractivity contribution in [3.05, 3.63) is 77.8 Å². The third-order valence-electron chi connectivity index (χ3n) is 2.76. The molecule has 2 aromatic carbocycles. The molecule has 0 fully saturated rings. The molecule has 1 heterocycles. The maximum atomic E-state index is 11.0. The first-order valence-electron chi connectivity index (χ1n) is 6.68. The normalized spacial score (nSPS) is 19.5. The first-order chi connectivity index (χ1) is 11.0. The summed E-state index contributed by atoms with van der Waals surface area (Å²) in [4.78, 5) is 0.994. The van der Waals surface area contributed by atoms with Crippen molar-refractivity contribution >= 4 is 30.4 Å². The molecule has 0 N–H and O–H groups in total. The average molecular weight is 356 g/mol. The molecule has 1 aliphatic heterocycles.